The van der Waals surface area contributed by atoms with Gasteiger partial charge in [0.25, 0.3) is 0 Å². The number of nitrogens with one attached hydrogen (secondary N) is 1. The highest BCUT2D eigenvalue weighted by Crippen LogP contribution is 2.33. The zero-order chi connectivity index (χ0) is 20.2. The molecule has 2 aromatic rings. The number of anilines is 1. The number of rotatable bonds is 6. The molecule has 1 aliphatic heterocycles. The summed E-state index contributed by atoms with van der Waals surface area (Å²) < 4.78 is 0. The average molecular weight is 389 g/mol. The maximum absolute atomic E-state index is 4.52. The van der Waals surface area contributed by atoms with Gasteiger partial charge in [-0.3, -0.25) is 0 Å². The van der Waals surface area contributed by atoms with Crippen LogP contribution < -0.4 is 10.2 Å². The van der Waals surface area contributed by atoms with Gasteiger partial charge in [0.15, 0.2) is 0 Å². The van der Waals surface area contributed by atoms with Gasteiger partial charge in [0, 0.05) is 24.0 Å². The molecule has 1 saturated carbocycles. The second kappa shape index (κ2) is 9.17. The van der Waals surface area contributed by atoms with Crippen LogP contribution in [0.3, 0.4) is 0 Å². The van der Waals surface area contributed by atoms with Crippen LogP contribution in [0.25, 0.3) is 0 Å². The van der Waals surface area contributed by atoms with Crippen molar-refractivity contribution < 1.29 is 0 Å². The molecule has 29 heavy (non-hydrogen) atoms. The monoisotopic (exact) mass is 388 g/mol. The summed E-state index contributed by atoms with van der Waals surface area (Å²) in [5.41, 5.74) is 8.03. The van der Waals surface area contributed by atoms with Gasteiger partial charge in [-0.15, -0.1) is 0 Å². The van der Waals surface area contributed by atoms with Crippen molar-refractivity contribution in [1.82, 2.24) is 5.32 Å². The molecule has 1 aliphatic carbocycles. The molecule has 154 valence electrons. The second-order valence-electron chi connectivity index (χ2n) is 9.07. The van der Waals surface area contributed by atoms with Crippen molar-refractivity contribution in [2.75, 3.05) is 11.4 Å². The van der Waals surface area contributed by atoms with E-state index in [0.717, 1.165) is 19.0 Å². The highest BCUT2D eigenvalue weighted by atomic mass is 15.2. The molecule has 4 rings (SSSR count). The van der Waals surface area contributed by atoms with Crippen LogP contribution in [0.2, 0.25) is 0 Å². The summed E-state index contributed by atoms with van der Waals surface area (Å²) in [6.07, 6.45) is 9.33. The van der Waals surface area contributed by atoms with Gasteiger partial charge >= 0.3 is 0 Å². The van der Waals surface area contributed by atoms with Crippen LogP contribution in [-0.4, -0.2) is 12.6 Å². The zero-order valence-corrected chi connectivity index (χ0v) is 18.2. The van der Waals surface area contributed by atoms with Gasteiger partial charge in [-0.25, -0.2) is 0 Å². The minimum Gasteiger partial charge on any atom is -0.340 e. The summed E-state index contributed by atoms with van der Waals surface area (Å²) in [5, 5.41) is 3.63. The largest absolute Gasteiger partial charge is 0.340 e. The molecule has 2 nitrogen and oxygen atoms in total. The van der Waals surface area contributed by atoms with E-state index < -0.39 is 0 Å². The number of benzene rings is 2. The molecule has 0 aromatic heterocycles. The molecular formula is C27H36N2. The molecule has 1 saturated heterocycles. The summed E-state index contributed by atoms with van der Waals surface area (Å²) in [6.45, 7) is 10.9. The number of hydrogen-bond acceptors (Lipinski definition) is 2. The molecule has 2 aromatic carbocycles. The van der Waals surface area contributed by atoms with Crippen molar-refractivity contribution in [3.63, 3.8) is 0 Å². The Morgan fingerprint density at radius 2 is 1.69 bits per heavy atom. The summed E-state index contributed by atoms with van der Waals surface area (Å²) in [6, 6.07) is 16.6. The molecule has 2 heteroatoms. The first-order chi connectivity index (χ1) is 14.1. The topological polar surface area (TPSA) is 15.3 Å². The lowest BCUT2D eigenvalue weighted by molar-refractivity contribution is 0.443. The molecule has 0 radical (unpaired) electrons. The summed E-state index contributed by atoms with van der Waals surface area (Å²) in [7, 11) is 0. The van der Waals surface area contributed by atoms with Crippen molar-refractivity contribution in [2.24, 2.45) is 0 Å². The van der Waals surface area contributed by atoms with Gasteiger partial charge in [0.2, 0.25) is 0 Å². The highest BCUT2D eigenvalue weighted by molar-refractivity contribution is 5.56. The molecule has 0 bridgehead atoms. The van der Waals surface area contributed by atoms with Crippen molar-refractivity contribution in [3.8, 4) is 0 Å². The van der Waals surface area contributed by atoms with Gasteiger partial charge in [-0.05, 0) is 86.4 Å². The van der Waals surface area contributed by atoms with Gasteiger partial charge in [-0.1, -0.05) is 56.2 Å². The van der Waals surface area contributed by atoms with Crippen LogP contribution in [0.1, 0.15) is 73.1 Å². The minimum atomic E-state index is 0.387. The van der Waals surface area contributed by atoms with E-state index in [1.165, 1.54) is 78.6 Å². The standard InChI is InChI=1S/C27H36N2/c1-20-11-16-26(18-21(20)2)29(22(3)27-10-7-17-28-27)19-23-12-14-25(15-13-23)24-8-5-4-6-9-24/h11-16,18,24,27-28H,3-10,17,19H2,1-2H3. The van der Waals surface area contributed by atoms with E-state index in [0.29, 0.717) is 6.04 Å². The second-order valence-corrected chi connectivity index (χ2v) is 9.07. The van der Waals surface area contributed by atoms with Crippen LogP contribution in [0.4, 0.5) is 5.69 Å². The molecule has 1 atom stereocenters. The van der Waals surface area contributed by atoms with E-state index in [9.17, 15) is 0 Å². The number of aryl methyl sites for hydroxylation is 2. The fraction of sp³-hybridized carbons (Fsp3) is 0.481. The van der Waals surface area contributed by atoms with E-state index in [1.807, 2.05) is 0 Å². The van der Waals surface area contributed by atoms with E-state index in [4.69, 9.17) is 0 Å². The van der Waals surface area contributed by atoms with Gasteiger partial charge < -0.3 is 10.2 Å². The van der Waals surface area contributed by atoms with Gasteiger partial charge in [-0.2, -0.15) is 0 Å². The lowest BCUT2D eigenvalue weighted by Crippen LogP contribution is -2.34. The van der Waals surface area contributed by atoms with Crippen LogP contribution in [-0.2, 0) is 6.54 Å². The zero-order valence-electron chi connectivity index (χ0n) is 18.2. The maximum Gasteiger partial charge on any atom is 0.0479 e. The Hall–Kier alpha value is -2.06. The van der Waals surface area contributed by atoms with Crippen LogP contribution in [0.5, 0.6) is 0 Å². The summed E-state index contributed by atoms with van der Waals surface area (Å²) in [5.74, 6) is 0.770. The SMILES string of the molecule is C=C(C1CCCN1)N(Cc1ccc(C2CCCCC2)cc1)c1ccc(C)c(C)c1. The minimum absolute atomic E-state index is 0.387. The lowest BCUT2D eigenvalue weighted by Gasteiger charge is -2.31. The Bertz CT molecular complexity index is 824. The molecule has 1 heterocycles. The third kappa shape index (κ3) is 4.75. The van der Waals surface area contributed by atoms with Gasteiger partial charge in [0.05, 0.1) is 0 Å². The maximum atomic E-state index is 4.52. The van der Waals surface area contributed by atoms with Crippen molar-refractivity contribution in [2.45, 2.75) is 77.3 Å². The molecule has 2 aliphatic rings. The Labute approximate surface area is 177 Å². The molecule has 1 N–H and O–H groups in total. The molecule has 2 fully saturated rings. The molecule has 0 spiro atoms. The van der Waals surface area contributed by atoms with E-state index in [2.05, 4.69) is 73.1 Å². The Balaban J connectivity index is 1.55. The predicted molar refractivity (Wildman–Crippen MR) is 125 cm³/mol. The Morgan fingerprint density at radius 1 is 0.931 bits per heavy atom. The first-order valence-corrected chi connectivity index (χ1v) is 11.5. The van der Waals surface area contributed by atoms with Crippen LogP contribution >= 0.6 is 0 Å². The fourth-order valence-electron chi connectivity index (χ4n) is 4.92. The average Bonchev–Trinajstić information content (AvgIpc) is 3.30. The van der Waals surface area contributed by atoms with Crippen LogP contribution in [0.15, 0.2) is 54.7 Å². The first kappa shape index (κ1) is 20.2. The molecule has 0 amide bonds. The molecule has 1 unspecified atom stereocenters. The van der Waals surface area contributed by atoms with Crippen molar-refractivity contribution in [1.29, 1.82) is 0 Å². The third-order valence-corrected chi connectivity index (χ3v) is 7.01. The van der Waals surface area contributed by atoms with Crippen molar-refractivity contribution in [3.05, 3.63) is 77.0 Å². The van der Waals surface area contributed by atoms with Gasteiger partial charge in [0.1, 0.15) is 0 Å². The Morgan fingerprint density at radius 3 is 2.34 bits per heavy atom. The fourth-order valence-corrected chi connectivity index (χ4v) is 4.92. The van der Waals surface area contributed by atoms with E-state index in [1.54, 1.807) is 0 Å². The lowest BCUT2D eigenvalue weighted by atomic mass is 9.84. The Kier molecular flexibility index (Phi) is 6.40. The summed E-state index contributed by atoms with van der Waals surface area (Å²) in [4.78, 5) is 2.42. The number of nitrogens with zero attached hydrogens (tertiary/aromatic N) is 1. The first-order valence-electron chi connectivity index (χ1n) is 11.5. The smallest absolute Gasteiger partial charge is 0.0479 e. The van der Waals surface area contributed by atoms with E-state index in [-0.39, 0.29) is 0 Å². The molecular weight excluding hydrogens is 352 g/mol. The highest BCUT2D eigenvalue weighted by Gasteiger charge is 2.23. The number of hydrogen-bond donors (Lipinski definition) is 1. The summed E-state index contributed by atoms with van der Waals surface area (Å²) >= 11 is 0. The van der Waals surface area contributed by atoms with Crippen LogP contribution in [0, 0.1) is 13.8 Å². The predicted octanol–water partition coefficient (Wildman–Crippen LogP) is 6.62. The third-order valence-electron chi connectivity index (χ3n) is 7.01. The normalized spacial score (nSPS) is 20.0. The van der Waals surface area contributed by atoms with Crippen molar-refractivity contribution >= 4 is 5.69 Å². The quantitative estimate of drug-likeness (QED) is 0.598. The van der Waals surface area contributed by atoms with E-state index >= 15 is 0 Å².